The minimum atomic E-state index is -0.357. The maximum atomic E-state index is 11.7. The maximum absolute atomic E-state index is 11.7. The Kier molecular flexibility index (Phi) is 6.15. The first-order valence-corrected chi connectivity index (χ1v) is 6.56. The molecule has 19 heavy (non-hydrogen) atoms. The lowest BCUT2D eigenvalue weighted by atomic mass is 10.1. The lowest BCUT2D eigenvalue weighted by Crippen LogP contribution is -2.28. The Bertz CT molecular complexity index is 415. The van der Waals surface area contributed by atoms with Crippen LogP contribution < -0.4 is 10.6 Å². The highest BCUT2D eigenvalue weighted by atomic mass is 16.5. The van der Waals surface area contributed by atoms with Crippen molar-refractivity contribution in [2.75, 3.05) is 36.9 Å². The second-order valence-corrected chi connectivity index (χ2v) is 4.20. The van der Waals surface area contributed by atoms with Crippen molar-refractivity contribution in [2.24, 2.45) is 0 Å². The second-order valence-electron chi connectivity index (χ2n) is 4.20. The Morgan fingerprint density at radius 2 is 2.11 bits per heavy atom. The topological polar surface area (TPSA) is 75.8 Å². The molecule has 1 aromatic rings. The predicted octanol–water partition coefficient (Wildman–Crippen LogP) is 1.65. The van der Waals surface area contributed by atoms with Crippen LogP contribution in [0, 0.1) is 0 Å². The van der Waals surface area contributed by atoms with Gasteiger partial charge in [-0.2, -0.15) is 0 Å². The van der Waals surface area contributed by atoms with E-state index in [2.05, 4.69) is 6.92 Å². The Labute approximate surface area is 114 Å². The zero-order chi connectivity index (χ0) is 14.3. The molecule has 1 rings (SSSR count). The second kappa shape index (κ2) is 7.63. The molecule has 0 heterocycles. The summed E-state index contributed by atoms with van der Waals surface area (Å²) in [6.45, 7) is 5.47. The Balaban J connectivity index is 3.03. The van der Waals surface area contributed by atoms with Crippen molar-refractivity contribution in [3.8, 4) is 0 Å². The number of hydrogen-bond donors (Lipinski definition) is 2. The fourth-order valence-corrected chi connectivity index (χ4v) is 1.90. The third-order valence-electron chi connectivity index (χ3n) is 2.75. The number of esters is 1. The van der Waals surface area contributed by atoms with Crippen molar-refractivity contribution in [3.63, 3.8) is 0 Å². The molecule has 0 saturated heterocycles. The molecule has 0 bridgehead atoms. The average Bonchev–Trinajstić information content (AvgIpc) is 2.39. The van der Waals surface area contributed by atoms with E-state index in [0.29, 0.717) is 24.4 Å². The molecule has 106 valence electrons. The predicted molar refractivity (Wildman–Crippen MR) is 76.4 cm³/mol. The standard InChI is InChI=1S/C14H22N2O3/c1-3-7-16(8-9-17)13-10-11(5-6-12(13)15)14(18)19-4-2/h5-6,10,17H,3-4,7-9,15H2,1-2H3. The number of nitrogen functional groups attached to an aromatic ring is 1. The molecule has 0 spiro atoms. The first kappa shape index (κ1) is 15.3. The summed E-state index contributed by atoms with van der Waals surface area (Å²) in [4.78, 5) is 13.7. The third kappa shape index (κ3) is 4.13. The van der Waals surface area contributed by atoms with Crippen LogP contribution in [0.25, 0.3) is 0 Å². The average molecular weight is 266 g/mol. The largest absolute Gasteiger partial charge is 0.462 e. The van der Waals surface area contributed by atoms with Crippen molar-refractivity contribution in [1.82, 2.24) is 0 Å². The summed E-state index contributed by atoms with van der Waals surface area (Å²) in [5.74, 6) is -0.357. The van der Waals surface area contributed by atoms with E-state index in [1.165, 1.54) is 0 Å². The van der Waals surface area contributed by atoms with Crippen molar-refractivity contribution in [2.45, 2.75) is 20.3 Å². The number of hydrogen-bond acceptors (Lipinski definition) is 5. The van der Waals surface area contributed by atoms with Crippen molar-refractivity contribution in [1.29, 1.82) is 0 Å². The molecule has 0 aromatic heterocycles. The molecule has 3 N–H and O–H groups in total. The fourth-order valence-electron chi connectivity index (χ4n) is 1.90. The van der Waals surface area contributed by atoms with E-state index in [1.54, 1.807) is 25.1 Å². The van der Waals surface area contributed by atoms with Gasteiger partial charge in [-0.25, -0.2) is 4.79 Å². The summed E-state index contributed by atoms with van der Waals surface area (Å²) < 4.78 is 4.97. The number of benzene rings is 1. The highest BCUT2D eigenvalue weighted by molar-refractivity contribution is 5.92. The molecule has 0 amide bonds. The molecule has 0 radical (unpaired) electrons. The molecule has 5 heteroatoms. The highest BCUT2D eigenvalue weighted by Gasteiger charge is 2.13. The van der Waals surface area contributed by atoms with E-state index in [1.807, 2.05) is 4.90 Å². The zero-order valence-corrected chi connectivity index (χ0v) is 11.6. The van der Waals surface area contributed by atoms with Gasteiger partial charge in [-0.1, -0.05) is 6.92 Å². The van der Waals surface area contributed by atoms with Crippen LogP contribution in [0.5, 0.6) is 0 Å². The van der Waals surface area contributed by atoms with E-state index in [4.69, 9.17) is 15.6 Å². The van der Waals surface area contributed by atoms with Gasteiger partial charge in [-0.15, -0.1) is 0 Å². The molecular formula is C14H22N2O3. The SMILES string of the molecule is CCCN(CCO)c1cc(C(=O)OCC)ccc1N. The third-order valence-corrected chi connectivity index (χ3v) is 2.75. The smallest absolute Gasteiger partial charge is 0.338 e. The molecule has 0 unspecified atom stereocenters. The molecule has 0 aliphatic carbocycles. The number of anilines is 2. The van der Waals surface area contributed by atoms with Crippen LogP contribution in [0.1, 0.15) is 30.6 Å². The van der Waals surface area contributed by atoms with Gasteiger partial charge < -0.3 is 20.5 Å². The van der Waals surface area contributed by atoms with E-state index in [9.17, 15) is 4.79 Å². The van der Waals surface area contributed by atoms with Gasteiger partial charge in [0, 0.05) is 13.1 Å². The monoisotopic (exact) mass is 266 g/mol. The molecule has 0 saturated carbocycles. The number of aliphatic hydroxyl groups excluding tert-OH is 1. The zero-order valence-electron chi connectivity index (χ0n) is 11.6. The fraction of sp³-hybridized carbons (Fsp3) is 0.500. The number of ether oxygens (including phenoxy) is 1. The number of carbonyl (C=O) groups is 1. The normalized spacial score (nSPS) is 10.3. The minimum absolute atomic E-state index is 0.0447. The summed E-state index contributed by atoms with van der Waals surface area (Å²) >= 11 is 0. The first-order valence-electron chi connectivity index (χ1n) is 6.56. The van der Waals surface area contributed by atoms with Crippen LogP contribution >= 0.6 is 0 Å². The summed E-state index contributed by atoms with van der Waals surface area (Å²) in [5.41, 5.74) is 7.78. The van der Waals surface area contributed by atoms with Gasteiger partial charge in [0.05, 0.1) is 30.2 Å². The molecule has 5 nitrogen and oxygen atoms in total. The molecular weight excluding hydrogens is 244 g/mol. The van der Waals surface area contributed by atoms with E-state index >= 15 is 0 Å². The molecule has 0 aliphatic heterocycles. The van der Waals surface area contributed by atoms with Crippen molar-refractivity contribution < 1.29 is 14.6 Å². The van der Waals surface area contributed by atoms with Gasteiger partial charge in [-0.05, 0) is 31.5 Å². The lowest BCUT2D eigenvalue weighted by molar-refractivity contribution is 0.0526. The van der Waals surface area contributed by atoms with E-state index in [-0.39, 0.29) is 12.6 Å². The van der Waals surface area contributed by atoms with Crippen LogP contribution in [-0.2, 0) is 4.74 Å². The van der Waals surface area contributed by atoms with E-state index < -0.39 is 0 Å². The summed E-state index contributed by atoms with van der Waals surface area (Å²) in [6.07, 6.45) is 0.934. The first-order chi connectivity index (χ1) is 9.13. The molecule has 0 fully saturated rings. The number of aliphatic hydroxyl groups is 1. The molecule has 1 aromatic carbocycles. The van der Waals surface area contributed by atoms with E-state index in [0.717, 1.165) is 18.7 Å². The van der Waals surface area contributed by atoms with Gasteiger partial charge >= 0.3 is 5.97 Å². The van der Waals surface area contributed by atoms with Crippen LogP contribution in [0.2, 0.25) is 0 Å². The number of carbonyl (C=O) groups excluding carboxylic acids is 1. The van der Waals surface area contributed by atoms with Crippen LogP contribution in [0.4, 0.5) is 11.4 Å². The number of nitrogens with zero attached hydrogens (tertiary/aromatic N) is 1. The van der Waals surface area contributed by atoms with Gasteiger partial charge in [0.15, 0.2) is 0 Å². The maximum Gasteiger partial charge on any atom is 0.338 e. The van der Waals surface area contributed by atoms with Gasteiger partial charge in [0.2, 0.25) is 0 Å². The minimum Gasteiger partial charge on any atom is -0.462 e. The van der Waals surface area contributed by atoms with Crippen LogP contribution in [-0.4, -0.2) is 37.4 Å². The molecule has 0 atom stereocenters. The number of nitrogens with two attached hydrogens (primary N) is 1. The summed E-state index contributed by atoms with van der Waals surface area (Å²) in [5, 5.41) is 9.10. The Morgan fingerprint density at radius 1 is 1.37 bits per heavy atom. The number of rotatable bonds is 7. The van der Waals surface area contributed by atoms with Crippen LogP contribution in [0.3, 0.4) is 0 Å². The van der Waals surface area contributed by atoms with Gasteiger partial charge in [0.25, 0.3) is 0 Å². The van der Waals surface area contributed by atoms with Crippen LogP contribution in [0.15, 0.2) is 18.2 Å². The summed E-state index contributed by atoms with van der Waals surface area (Å²) in [7, 11) is 0. The van der Waals surface area contributed by atoms with Crippen molar-refractivity contribution >= 4 is 17.3 Å². The van der Waals surface area contributed by atoms with Gasteiger partial charge in [-0.3, -0.25) is 0 Å². The van der Waals surface area contributed by atoms with Crippen molar-refractivity contribution in [3.05, 3.63) is 23.8 Å². The van der Waals surface area contributed by atoms with Gasteiger partial charge in [0.1, 0.15) is 0 Å². The Morgan fingerprint density at radius 3 is 2.68 bits per heavy atom. The quantitative estimate of drug-likeness (QED) is 0.580. The summed E-state index contributed by atoms with van der Waals surface area (Å²) in [6, 6.07) is 5.07. The lowest BCUT2D eigenvalue weighted by Gasteiger charge is -2.25. The Hall–Kier alpha value is -1.75. The highest BCUT2D eigenvalue weighted by Crippen LogP contribution is 2.25. The molecule has 0 aliphatic rings.